The van der Waals surface area contributed by atoms with Crippen molar-refractivity contribution in [1.29, 1.82) is 0 Å². The zero-order valence-corrected chi connectivity index (χ0v) is 12.0. The van der Waals surface area contributed by atoms with Gasteiger partial charge in [0, 0.05) is 13.1 Å². The zero-order valence-electron chi connectivity index (χ0n) is 12.0. The van der Waals surface area contributed by atoms with E-state index >= 15 is 0 Å². The molecule has 0 aliphatic heterocycles. The Morgan fingerprint density at radius 1 is 1.28 bits per heavy atom. The normalized spacial score (nSPS) is 12.8. The van der Waals surface area contributed by atoms with Crippen LogP contribution in [0.3, 0.4) is 0 Å². The first-order valence-electron chi connectivity index (χ1n) is 6.35. The number of urea groups is 1. The van der Waals surface area contributed by atoms with E-state index in [0.717, 1.165) is 6.42 Å². The average molecular weight is 255 g/mol. The molecule has 0 saturated heterocycles. The molecule has 0 aliphatic rings. The van der Waals surface area contributed by atoms with Gasteiger partial charge in [0.05, 0.1) is 6.04 Å². The van der Waals surface area contributed by atoms with Crippen LogP contribution < -0.4 is 10.6 Å². The van der Waals surface area contributed by atoms with Crippen LogP contribution >= 0.6 is 0 Å². The third kappa shape index (κ3) is 8.76. The van der Waals surface area contributed by atoms with E-state index < -0.39 is 0 Å². The SMILES string of the molecule is CC(C)CNC(=O)NCC(C)(C)CC(C)N=C=O. The number of aliphatic imine (C=N–C) groups is 1. The van der Waals surface area contributed by atoms with Crippen molar-refractivity contribution in [3.8, 4) is 0 Å². The fourth-order valence-corrected chi connectivity index (χ4v) is 1.69. The highest BCUT2D eigenvalue weighted by Gasteiger charge is 2.21. The summed E-state index contributed by atoms with van der Waals surface area (Å²) in [6.07, 6.45) is 2.29. The van der Waals surface area contributed by atoms with Gasteiger partial charge in [0.15, 0.2) is 0 Å². The van der Waals surface area contributed by atoms with Crippen molar-refractivity contribution in [3.63, 3.8) is 0 Å². The van der Waals surface area contributed by atoms with Crippen molar-refractivity contribution in [3.05, 3.63) is 0 Å². The second-order valence-electron chi connectivity index (χ2n) is 5.90. The molecule has 0 aromatic heterocycles. The lowest BCUT2D eigenvalue weighted by Crippen LogP contribution is -2.42. The Kier molecular flexibility index (Phi) is 7.29. The second kappa shape index (κ2) is 7.88. The maximum absolute atomic E-state index is 11.5. The first-order valence-corrected chi connectivity index (χ1v) is 6.35. The van der Waals surface area contributed by atoms with Crippen molar-refractivity contribution < 1.29 is 9.59 Å². The van der Waals surface area contributed by atoms with Gasteiger partial charge in [-0.2, -0.15) is 0 Å². The van der Waals surface area contributed by atoms with Gasteiger partial charge in [0.2, 0.25) is 6.08 Å². The van der Waals surface area contributed by atoms with Crippen molar-refractivity contribution >= 4 is 12.1 Å². The Labute approximate surface area is 109 Å². The molecule has 5 nitrogen and oxygen atoms in total. The van der Waals surface area contributed by atoms with Gasteiger partial charge in [-0.1, -0.05) is 27.7 Å². The number of nitrogens with zero attached hydrogens (tertiary/aromatic N) is 1. The Morgan fingerprint density at radius 2 is 1.89 bits per heavy atom. The zero-order chi connectivity index (χ0) is 14.2. The summed E-state index contributed by atoms with van der Waals surface area (Å²) in [5, 5.41) is 5.63. The van der Waals surface area contributed by atoms with Crippen LogP contribution in [0.2, 0.25) is 0 Å². The van der Waals surface area contributed by atoms with E-state index in [1.165, 1.54) is 0 Å². The number of amides is 2. The summed E-state index contributed by atoms with van der Waals surface area (Å²) in [5.74, 6) is 0.436. The number of hydrogen-bond donors (Lipinski definition) is 2. The van der Waals surface area contributed by atoms with Gasteiger partial charge in [0.1, 0.15) is 0 Å². The van der Waals surface area contributed by atoms with Crippen molar-refractivity contribution in [2.24, 2.45) is 16.3 Å². The van der Waals surface area contributed by atoms with Gasteiger partial charge in [0.25, 0.3) is 0 Å². The molecule has 0 radical (unpaired) electrons. The standard InChI is InChI=1S/C13H25N3O2/c1-10(2)7-14-12(18)15-8-13(4,5)6-11(3)16-9-17/h10-11H,6-8H2,1-5H3,(H2,14,15,18). The Morgan fingerprint density at radius 3 is 2.39 bits per heavy atom. The van der Waals surface area contributed by atoms with Gasteiger partial charge in [-0.05, 0) is 24.7 Å². The van der Waals surface area contributed by atoms with Crippen LogP contribution in [0.5, 0.6) is 0 Å². The maximum atomic E-state index is 11.5. The molecule has 0 rings (SSSR count). The van der Waals surface area contributed by atoms with Crippen LogP contribution in [0.4, 0.5) is 4.79 Å². The third-order valence-corrected chi connectivity index (χ3v) is 2.52. The van der Waals surface area contributed by atoms with Gasteiger partial charge in [-0.15, -0.1) is 0 Å². The molecule has 5 heteroatoms. The van der Waals surface area contributed by atoms with Crippen LogP contribution in [0, 0.1) is 11.3 Å². The Bertz CT molecular complexity index is 307. The van der Waals surface area contributed by atoms with Crippen molar-refractivity contribution in [1.82, 2.24) is 10.6 Å². The molecule has 104 valence electrons. The topological polar surface area (TPSA) is 70.6 Å². The Balaban J connectivity index is 4.02. The summed E-state index contributed by atoms with van der Waals surface area (Å²) in [6, 6.07) is -0.221. The van der Waals surface area contributed by atoms with Gasteiger partial charge < -0.3 is 10.6 Å². The molecular weight excluding hydrogens is 230 g/mol. The van der Waals surface area contributed by atoms with Crippen LogP contribution in [0.25, 0.3) is 0 Å². The molecule has 2 N–H and O–H groups in total. The molecule has 0 aromatic rings. The molecule has 2 amide bonds. The van der Waals surface area contributed by atoms with E-state index in [-0.39, 0.29) is 17.5 Å². The fourth-order valence-electron chi connectivity index (χ4n) is 1.69. The molecule has 0 aromatic carbocycles. The van der Waals surface area contributed by atoms with Crippen molar-refractivity contribution in [2.75, 3.05) is 13.1 Å². The highest BCUT2D eigenvalue weighted by Crippen LogP contribution is 2.22. The van der Waals surface area contributed by atoms with Gasteiger partial charge >= 0.3 is 6.03 Å². The summed E-state index contributed by atoms with van der Waals surface area (Å²) in [4.78, 5) is 25.3. The number of isocyanates is 1. The highest BCUT2D eigenvalue weighted by atomic mass is 16.2. The molecule has 1 unspecified atom stereocenters. The monoisotopic (exact) mass is 255 g/mol. The predicted octanol–water partition coefficient (Wildman–Crippen LogP) is 2.08. The summed E-state index contributed by atoms with van der Waals surface area (Å²) < 4.78 is 0. The summed E-state index contributed by atoms with van der Waals surface area (Å²) in [6.45, 7) is 11.2. The lowest BCUT2D eigenvalue weighted by atomic mass is 9.86. The van der Waals surface area contributed by atoms with E-state index in [1.54, 1.807) is 6.08 Å². The van der Waals surface area contributed by atoms with Gasteiger partial charge in [-0.25, -0.2) is 14.6 Å². The average Bonchev–Trinajstić information content (AvgIpc) is 2.23. The highest BCUT2D eigenvalue weighted by molar-refractivity contribution is 5.73. The van der Waals surface area contributed by atoms with E-state index in [9.17, 15) is 9.59 Å². The summed E-state index contributed by atoms with van der Waals surface area (Å²) in [7, 11) is 0. The predicted molar refractivity (Wildman–Crippen MR) is 72.2 cm³/mol. The van der Waals surface area contributed by atoms with Gasteiger partial charge in [-0.3, -0.25) is 0 Å². The van der Waals surface area contributed by atoms with Crippen LogP contribution in [-0.2, 0) is 4.79 Å². The molecule has 1 atom stereocenters. The quantitative estimate of drug-likeness (QED) is 0.540. The fraction of sp³-hybridized carbons (Fsp3) is 0.846. The number of nitrogens with one attached hydrogen (secondary N) is 2. The molecular formula is C13H25N3O2. The molecule has 0 spiro atoms. The molecule has 0 aliphatic carbocycles. The van der Waals surface area contributed by atoms with Crippen molar-refractivity contribution in [2.45, 2.75) is 47.1 Å². The number of rotatable bonds is 7. The van der Waals surface area contributed by atoms with E-state index in [4.69, 9.17) is 0 Å². The number of carbonyl (C=O) groups excluding carboxylic acids is 2. The second-order valence-corrected chi connectivity index (χ2v) is 5.90. The maximum Gasteiger partial charge on any atom is 0.314 e. The van der Waals surface area contributed by atoms with Crippen LogP contribution in [-0.4, -0.2) is 31.2 Å². The summed E-state index contributed by atoms with van der Waals surface area (Å²) in [5.41, 5.74) is -0.102. The van der Waals surface area contributed by atoms with E-state index in [0.29, 0.717) is 19.0 Å². The van der Waals surface area contributed by atoms with Crippen LogP contribution in [0.15, 0.2) is 4.99 Å². The number of carbonyl (C=O) groups is 1. The Hall–Kier alpha value is -1.35. The molecule has 0 saturated carbocycles. The minimum absolute atomic E-state index is 0.0713. The molecule has 18 heavy (non-hydrogen) atoms. The number of hydrogen-bond acceptors (Lipinski definition) is 3. The molecule has 0 fully saturated rings. The first-order chi connectivity index (χ1) is 8.26. The third-order valence-electron chi connectivity index (χ3n) is 2.52. The minimum Gasteiger partial charge on any atom is -0.338 e. The largest absolute Gasteiger partial charge is 0.338 e. The van der Waals surface area contributed by atoms with E-state index in [1.807, 2.05) is 34.6 Å². The lowest BCUT2D eigenvalue weighted by molar-refractivity contribution is 0.228. The first kappa shape index (κ1) is 16.6. The molecule has 0 bridgehead atoms. The van der Waals surface area contributed by atoms with E-state index in [2.05, 4.69) is 15.6 Å². The molecule has 0 heterocycles. The van der Waals surface area contributed by atoms with Crippen LogP contribution in [0.1, 0.15) is 41.0 Å². The summed E-state index contributed by atoms with van der Waals surface area (Å²) >= 11 is 0. The minimum atomic E-state index is -0.150. The lowest BCUT2D eigenvalue weighted by Gasteiger charge is -2.26. The smallest absolute Gasteiger partial charge is 0.314 e.